The first kappa shape index (κ1) is 13.5. The third kappa shape index (κ3) is 3.76. The summed E-state index contributed by atoms with van der Waals surface area (Å²) in [4.78, 5) is 0. The van der Waals surface area contributed by atoms with Crippen molar-refractivity contribution in [1.82, 2.24) is 5.32 Å². The molecule has 0 fully saturated rings. The zero-order valence-electron chi connectivity index (χ0n) is 9.36. The van der Waals surface area contributed by atoms with Crippen molar-refractivity contribution in [2.45, 2.75) is 25.7 Å². The maximum atomic E-state index is 9.78. The van der Waals surface area contributed by atoms with Gasteiger partial charge in [-0.25, -0.2) is 0 Å². The highest BCUT2D eigenvalue weighted by Crippen LogP contribution is 2.18. The monoisotopic (exact) mass is 243 g/mol. The second kappa shape index (κ2) is 6.86. The predicted molar refractivity (Wildman–Crippen MR) is 65.5 cm³/mol. The van der Waals surface area contributed by atoms with Crippen LogP contribution in [0.25, 0.3) is 0 Å². The van der Waals surface area contributed by atoms with Crippen LogP contribution in [0.15, 0.2) is 24.3 Å². The lowest BCUT2D eigenvalue weighted by molar-refractivity contribution is 0.0327. The number of hydrogen-bond donors (Lipinski definition) is 3. The molecule has 0 amide bonds. The van der Waals surface area contributed by atoms with E-state index in [0.29, 0.717) is 5.56 Å². The van der Waals surface area contributed by atoms with Crippen LogP contribution >= 0.6 is 11.6 Å². The largest absolute Gasteiger partial charge is 0.389 e. The Kier molecular flexibility index (Phi) is 5.77. The fourth-order valence-corrected chi connectivity index (χ4v) is 1.63. The van der Waals surface area contributed by atoms with Crippen LogP contribution in [0.2, 0.25) is 0 Å². The molecule has 16 heavy (non-hydrogen) atoms. The summed E-state index contributed by atoms with van der Waals surface area (Å²) < 4.78 is 0. The average Bonchev–Trinajstić information content (AvgIpc) is 2.34. The molecule has 0 aliphatic rings. The van der Waals surface area contributed by atoms with Crippen LogP contribution < -0.4 is 5.32 Å². The van der Waals surface area contributed by atoms with Crippen molar-refractivity contribution in [3.05, 3.63) is 35.4 Å². The van der Waals surface area contributed by atoms with Gasteiger partial charge in [-0.05, 0) is 17.7 Å². The summed E-state index contributed by atoms with van der Waals surface area (Å²) >= 11 is 5.50. The Balaban J connectivity index is 2.73. The molecular weight excluding hydrogens is 226 g/mol. The summed E-state index contributed by atoms with van der Waals surface area (Å²) in [6, 6.07) is 7.51. The molecule has 0 aliphatic heterocycles. The van der Waals surface area contributed by atoms with Crippen molar-refractivity contribution < 1.29 is 10.2 Å². The molecule has 1 aromatic carbocycles. The van der Waals surface area contributed by atoms with Crippen molar-refractivity contribution in [3.8, 4) is 0 Å². The molecule has 0 heterocycles. The molecule has 0 aromatic heterocycles. The van der Waals surface area contributed by atoms with Crippen LogP contribution in [0, 0.1) is 0 Å². The van der Waals surface area contributed by atoms with Crippen LogP contribution in [-0.2, 0) is 6.54 Å². The second-order valence-electron chi connectivity index (χ2n) is 3.69. The van der Waals surface area contributed by atoms with E-state index in [9.17, 15) is 10.2 Å². The Morgan fingerprint density at radius 3 is 2.75 bits per heavy atom. The topological polar surface area (TPSA) is 52.5 Å². The first-order chi connectivity index (χ1) is 7.69. The summed E-state index contributed by atoms with van der Waals surface area (Å²) in [6.07, 6.45) is -1.84. The summed E-state index contributed by atoms with van der Waals surface area (Å²) in [6.45, 7) is 3.70. The standard InChI is InChI=1S/C12H18ClNO2/c1-2-14-8-9-4-3-5-10(6-9)12(16)11(15)7-13/h3-6,11-12,14-16H,2,7-8H2,1H3. The highest BCUT2D eigenvalue weighted by molar-refractivity contribution is 6.18. The fraction of sp³-hybridized carbons (Fsp3) is 0.500. The van der Waals surface area contributed by atoms with Crippen molar-refractivity contribution in [3.63, 3.8) is 0 Å². The van der Waals surface area contributed by atoms with E-state index in [2.05, 4.69) is 5.32 Å². The molecule has 2 atom stereocenters. The molecule has 0 saturated carbocycles. The first-order valence-electron chi connectivity index (χ1n) is 5.40. The highest BCUT2D eigenvalue weighted by atomic mass is 35.5. The minimum absolute atomic E-state index is 0.0264. The molecule has 4 heteroatoms. The zero-order valence-corrected chi connectivity index (χ0v) is 10.1. The van der Waals surface area contributed by atoms with Crippen LogP contribution in [0.4, 0.5) is 0 Å². The minimum atomic E-state index is -0.920. The molecule has 0 spiro atoms. The highest BCUT2D eigenvalue weighted by Gasteiger charge is 2.17. The van der Waals surface area contributed by atoms with Gasteiger partial charge in [0.1, 0.15) is 6.10 Å². The van der Waals surface area contributed by atoms with Crippen LogP contribution in [0.3, 0.4) is 0 Å². The van der Waals surface area contributed by atoms with E-state index >= 15 is 0 Å². The van der Waals surface area contributed by atoms with Gasteiger partial charge in [0.15, 0.2) is 0 Å². The summed E-state index contributed by atoms with van der Waals surface area (Å²) in [7, 11) is 0. The molecule has 0 aliphatic carbocycles. The SMILES string of the molecule is CCNCc1cccc(C(O)C(O)CCl)c1. The maximum Gasteiger partial charge on any atom is 0.106 e. The molecule has 0 saturated heterocycles. The zero-order chi connectivity index (χ0) is 12.0. The first-order valence-corrected chi connectivity index (χ1v) is 5.94. The number of aliphatic hydroxyl groups is 2. The number of aliphatic hydroxyl groups excluding tert-OH is 2. The van der Waals surface area contributed by atoms with Crippen LogP contribution in [-0.4, -0.2) is 28.7 Å². The molecule has 3 N–H and O–H groups in total. The smallest absolute Gasteiger partial charge is 0.106 e. The Morgan fingerprint density at radius 2 is 2.12 bits per heavy atom. The summed E-state index contributed by atoms with van der Waals surface area (Å²) in [5.74, 6) is 0.0264. The molecule has 3 nitrogen and oxygen atoms in total. The molecule has 0 radical (unpaired) electrons. The van der Waals surface area contributed by atoms with Gasteiger partial charge in [-0.15, -0.1) is 11.6 Å². The van der Waals surface area contributed by atoms with Crippen LogP contribution in [0.1, 0.15) is 24.2 Å². The van der Waals surface area contributed by atoms with Gasteiger partial charge in [0, 0.05) is 6.54 Å². The molecule has 1 rings (SSSR count). The number of alkyl halides is 1. The third-order valence-electron chi connectivity index (χ3n) is 2.39. The average molecular weight is 244 g/mol. The van der Waals surface area contributed by atoms with Gasteiger partial charge in [0.25, 0.3) is 0 Å². The molecule has 2 unspecified atom stereocenters. The fourth-order valence-electron chi connectivity index (χ4n) is 1.46. The summed E-state index contributed by atoms with van der Waals surface area (Å²) in [5, 5.41) is 22.4. The molecule has 0 bridgehead atoms. The van der Waals surface area contributed by atoms with Gasteiger partial charge in [0.05, 0.1) is 12.0 Å². The van der Waals surface area contributed by atoms with Gasteiger partial charge in [-0.1, -0.05) is 31.2 Å². The summed E-state index contributed by atoms with van der Waals surface area (Å²) in [5.41, 5.74) is 1.78. The predicted octanol–water partition coefficient (Wildman–Crippen LogP) is 1.43. The van der Waals surface area contributed by atoms with E-state index in [-0.39, 0.29) is 5.88 Å². The van der Waals surface area contributed by atoms with Gasteiger partial charge >= 0.3 is 0 Å². The Morgan fingerprint density at radius 1 is 1.38 bits per heavy atom. The Bertz CT molecular complexity index is 320. The van der Waals surface area contributed by atoms with E-state index in [0.717, 1.165) is 18.7 Å². The van der Waals surface area contributed by atoms with Crippen molar-refractivity contribution in [2.75, 3.05) is 12.4 Å². The molecule has 90 valence electrons. The van der Waals surface area contributed by atoms with E-state index < -0.39 is 12.2 Å². The minimum Gasteiger partial charge on any atom is -0.389 e. The van der Waals surface area contributed by atoms with Crippen LogP contribution in [0.5, 0.6) is 0 Å². The van der Waals surface area contributed by atoms with Gasteiger partial charge in [-0.2, -0.15) is 0 Å². The molecular formula is C12H18ClNO2. The lowest BCUT2D eigenvalue weighted by atomic mass is 10.0. The van der Waals surface area contributed by atoms with Gasteiger partial charge in [-0.3, -0.25) is 0 Å². The van der Waals surface area contributed by atoms with Gasteiger partial charge < -0.3 is 15.5 Å². The van der Waals surface area contributed by atoms with Crippen molar-refractivity contribution >= 4 is 11.6 Å². The van der Waals surface area contributed by atoms with E-state index in [1.54, 1.807) is 6.07 Å². The number of hydrogen-bond acceptors (Lipinski definition) is 3. The lowest BCUT2D eigenvalue weighted by Gasteiger charge is -2.16. The van der Waals surface area contributed by atoms with E-state index in [1.165, 1.54) is 0 Å². The van der Waals surface area contributed by atoms with Crippen molar-refractivity contribution in [2.24, 2.45) is 0 Å². The molecule has 1 aromatic rings. The van der Waals surface area contributed by atoms with Crippen molar-refractivity contribution in [1.29, 1.82) is 0 Å². The Labute approximate surface area is 101 Å². The normalized spacial score (nSPS) is 14.8. The number of benzene rings is 1. The van der Waals surface area contributed by atoms with E-state index in [4.69, 9.17) is 11.6 Å². The maximum absolute atomic E-state index is 9.78. The number of nitrogens with one attached hydrogen (secondary N) is 1. The number of halogens is 1. The lowest BCUT2D eigenvalue weighted by Crippen LogP contribution is -2.20. The second-order valence-corrected chi connectivity index (χ2v) is 4.00. The third-order valence-corrected chi connectivity index (χ3v) is 2.71. The Hall–Kier alpha value is -0.610. The van der Waals surface area contributed by atoms with Gasteiger partial charge in [0.2, 0.25) is 0 Å². The quantitative estimate of drug-likeness (QED) is 0.663. The number of rotatable bonds is 6. The van der Waals surface area contributed by atoms with E-state index in [1.807, 2.05) is 25.1 Å².